The molecule has 2 fully saturated rings. The lowest BCUT2D eigenvalue weighted by molar-refractivity contribution is -0.129. The van der Waals surface area contributed by atoms with Crippen LogP contribution in [0.15, 0.2) is 24.3 Å². The van der Waals surface area contributed by atoms with Crippen LogP contribution in [0.3, 0.4) is 0 Å². The van der Waals surface area contributed by atoms with E-state index in [0.717, 1.165) is 43.9 Å². The molecule has 1 aromatic carbocycles. The molecule has 2 aliphatic rings. The summed E-state index contributed by atoms with van der Waals surface area (Å²) in [5, 5.41) is 3.30. The van der Waals surface area contributed by atoms with Crippen molar-refractivity contribution in [1.29, 1.82) is 0 Å². The number of hydrogen-bond donors (Lipinski definition) is 1. The van der Waals surface area contributed by atoms with Gasteiger partial charge in [0.25, 0.3) is 0 Å². The van der Waals surface area contributed by atoms with E-state index in [0.29, 0.717) is 12.5 Å². The van der Waals surface area contributed by atoms with Crippen molar-refractivity contribution in [3.05, 3.63) is 29.8 Å². The molecular formula is C16H22N2O3. The molecule has 3 rings (SSSR count). The predicted molar refractivity (Wildman–Crippen MR) is 79.0 cm³/mol. The number of hydrogen-bond acceptors (Lipinski definition) is 4. The normalized spacial score (nSPS) is 23.6. The highest BCUT2D eigenvalue weighted by atomic mass is 16.5. The number of ether oxygens (including phenoxy) is 2. The summed E-state index contributed by atoms with van der Waals surface area (Å²) < 4.78 is 10.6. The lowest BCUT2D eigenvalue weighted by Crippen LogP contribution is -2.36. The smallest absolute Gasteiger partial charge is 0.238 e. The van der Waals surface area contributed by atoms with Crippen LogP contribution in [0.4, 0.5) is 0 Å². The number of benzene rings is 1. The molecule has 0 radical (unpaired) electrons. The topological polar surface area (TPSA) is 50.8 Å². The van der Waals surface area contributed by atoms with Crippen molar-refractivity contribution < 1.29 is 14.3 Å². The standard InChI is InChI=1S/C16H22N2O3/c1-20-14-4-2-13(3-5-14)16-17-10-15(19)18(16)11-12-6-8-21-9-7-12/h2-5,12,16-17H,6-11H2,1H3. The largest absolute Gasteiger partial charge is 0.497 e. The van der Waals surface area contributed by atoms with E-state index < -0.39 is 0 Å². The van der Waals surface area contributed by atoms with Gasteiger partial charge in [-0.15, -0.1) is 0 Å². The molecule has 5 nitrogen and oxygen atoms in total. The van der Waals surface area contributed by atoms with E-state index in [1.54, 1.807) is 7.11 Å². The minimum atomic E-state index is -0.0220. The molecule has 2 aliphatic heterocycles. The Balaban J connectivity index is 1.71. The zero-order valence-electron chi connectivity index (χ0n) is 12.4. The van der Waals surface area contributed by atoms with Gasteiger partial charge < -0.3 is 14.4 Å². The lowest BCUT2D eigenvalue weighted by Gasteiger charge is -2.31. The van der Waals surface area contributed by atoms with Gasteiger partial charge in [-0.25, -0.2) is 0 Å². The van der Waals surface area contributed by atoms with E-state index in [1.165, 1.54) is 0 Å². The molecule has 5 heteroatoms. The van der Waals surface area contributed by atoms with E-state index >= 15 is 0 Å². The van der Waals surface area contributed by atoms with Crippen LogP contribution in [0.5, 0.6) is 5.75 Å². The Bertz CT molecular complexity index is 483. The predicted octanol–water partition coefficient (Wildman–Crippen LogP) is 1.55. The molecule has 21 heavy (non-hydrogen) atoms. The summed E-state index contributed by atoms with van der Waals surface area (Å²) in [5.74, 6) is 1.56. The molecule has 1 atom stereocenters. The van der Waals surface area contributed by atoms with Gasteiger partial charge in [-0.3, -0.25) is 10.1 Å². The van der Waals surface area contributed by atoms with Crippen molar-refractivity contribution in [2.75, 3.05) is 33.4 Å². The van der Waals surface area contributed by atoms with Gasteiger partial charge in [0, 0.05) is 19.8 Å². The third-order valence-electron chi connectivity index (χ3n) is 4.31. The van der Waals surface area contributed by atoms with E-state index in [2.05, 4.69) is 5.32 Å². The SMILES string of the molecule is COc1ccc(C2NCC(=O)N2CC2CCOCC2)cc1. The molecule has 1 N–H and O–H groups in total. The molecule has 0 saturated carbocycles. The zero-order chi connectivity index (χ0) is 14.7. The van der Waals surface area contributed by atoms with E-state index in [-0.39, 0.29) is 12.1 Å². The van der Waals surface area contributed by atoms with Gasteiger partial charge in [0.05, 0.1) is 13.7 Å². The minimum absolute atomic E-state index is 0.0220. The van der Waals surface area contributed by atoms with Crippen molar-refractivity contribution >= 4 is 5.91 Å². The summed E-state index contributed by atoms with van der Waals surface area (Å²) in [5.41, 5.74) is 1.11. The summed E-state index contributed by atoms with van der Waals surface area (Å²) in [4.78, 5) is 14.1. The molecule has 114 valence electrons. The van der Waals surface area contributed by atoms with Crippen molar-refractivity contribution in [2.24, 2.45) is 5.92 Å². The van der Waals surface area contributed by atoms with Gasteiger partial charge in [0.1, 0.15) is 11.9 Å². The Morgan fingerprint density at radius 1 is 1.29 bits per heavy atom. The second kappa shape index (κ2) is 6.45. The number of carbonyl (C=O) groups is 1. The van der Waals surface area contributed by atoms with Crippen LogP contribution >= 0.6 is 0 Å². The molecule has 0 spiro atoms. The van der Waals surface area contributed by atoms with Crippen LogP contribution in [0.25, 0.3) is 0 Å². The fourth-order valence-electron chi connectivity index (χ4n) is 3.04. The van der Waals surface area contributed by atoms with Crippen molar-refractivity contribution in [1.82, 2.24) is 10.2 Å². The van der Waals surface area contributed by atoms with Crippen LogP contribution in [-0.2, 0) is 9.53 Å². The summed E-state index contributed by atoms with van der Waals surface area (Å²) in [6, 6.07) is 7.91. The summed E-state index contributed by atoms with van der Waals surface area (Å²) in [6.07, 6.45) is 2.06. The molecule has 2 saturated heterocycles. The number of nitrogens with one attached hydrogen (secondary N) is 1. The second-order valence-electron chi connectivity index (χ2n) is 5.66. The Labute approximate surface area is 125 Å². The second-order valence-corrected chi connectivity index (χ2v) is 5.66. The first-order valence-electron chi connectivity index (χ1n) is 7.52. The fraction of sp³-hybridized carbons (Fsp3) is 0.562. The Morgan fingerprint density at radius 3 is 2.67 bits per heavy atom. The summed E-state index contributed by atoms with van der Waals surface area (Å²) >= 11 is 0. The first-order chi connectivity index (χ1) is 10.3. The first-order valence-corrected chi connectivity index (χ1v) is 7.52. The Kier molecular flexibility index (Phi) is 4.41. The highest BCUT2D eigenvalue weighted by Gasteiger charge is 2.33. The molecule has 0 bridgehead atoms. The quantitative estimate of drug-likeness (QED) is 0.914. The van der Waals surface area contributed by atoms with Crippen molar-refractivity contribution in [3.63, 3.8) is 0 Å². The van der Waals surface area contributed by atoms with E-state index in [4.69, 9.17) is 9.47 Å². The van der Waals surface area contributed by atoms with Gasteiger partial charge in [-0.05, 0) is 36.5 Å². The number of rotatable bonds is 4. The number of nitrogens with zero attached hydrogens (tertiary/aromatic N) is 1. The highest BCUT2D eigenvalue weighted by molar-refractivity contribution is 5.81. The van der Waals surface area contributed by atoms with Crippen LogP contribution in [0, 0.1) is 5.92 Å². The fourth-order valence-corrected chi connectivity index (χ4v) is 3.04. The van der Waals surface area contributed by atoms with Crippen molar-refractivity contribution in [2.45, 2.75) is 19.0 Å². The molecule has 1 amide bonds. The number of carbonyl (C=O) groups excluding carboxylic acids is 1. The Morgan fingerprint density at radius 2 is 2.00 bits per heavy atom. The van der Waals surface area contributed by atoms with Gasteiger partial charge >= 0.3 is 0 Å². The molecule has 0 aliphatic carbocycles. The Hall–Kier alpha value is -1.59. The molecule has 2 heterocycles. The maximum absolute atomic E-state index is 12.2. The highest BCUT2D eigenvalue weighted by Crippen LogP contribution is 2.27. The van der Waals surface area contributed by atoms with E-state index in [9.17, 15) is 4.79 Å². The third kappa shape index (κ3) is 3.19. The average Bonchev–Trinajstić information content (AvgIpc) is 2.90. The monoisotopic (exact) mass is 290 g/mol. The van der Waals surface area contributed by atoms with Crippen LogP contribution < -0.4 is 10.1 Å². The van der Waals surface area contributed by atoms with Gasteiger partial charge in [-0.1, -0.05) is 12.1 Å². The third-order valence-corrected chi connectivity index (χ3v) is 4.31. The van der Waals surface area contributed by atoms with E-state index in [1.807, 2.05) is 29.2 Å². The van der Waals surface area contributed by atoms with Gasteiger partial charge in [0.15, 0.2) is 0 Å². The van der Waals surface area contributed by atoms with Gasteiger partial charge in [0.2, 0.25) is 5.91 Å². The zero-order valence-corrected chi connectivity index (χ0v) is 12.4. The molecule has 1 aromatic rings. The molecule has 0 aromatic heterocycles. The maximum atomic E-state index is 12.2. The summed E-state index contributed by atoms with van der Waals surface area (Å²) in [6.45, 7) is 2.85. The number of methoxy groups -OCH3 is 1. The molecule has 1 unspecified atom stereocenters. The number of amides is 1. The minimum Gasteiger partial charge on any atom is -0.497 e. The first kappa shape index (κ1) is 14.4. The summed E-state index contributed by atoms with van der Waals surface area (Å²) in [7, 11) is 1.66. The van der Waals surface area contributed by atoms with Crippen molar-refractivity contribution in [3.8, 4) is 5.75 Å². The van der Waals surface area contributed by atoms with Crippen LogP contribution in [0.2, 0.25) is 0 Å². The lowest BCUT2D eigenvalue weighted by atomic mass is 9.99. The van der Waals surface area contributed by atoms with Crippen LogP contribution in [0.1, 0.15) is 24.6 Å². The average molecular weight is 290 g/mol. The van der Waals surface area contributed by atoms with Gasteiger partial charge in [-0.2, -0.15) is 0 Å². The van der Waals surface area contributed by atoms with Crippen LogP contribution in [-0.4, -0.2) is 44.2 Å². The maximum Gasteiger partial charge on any atom is 0.238 e. The molecular weight excluding hydrogens is 268 g/mol.